The van der Waals surface area contributed by atoms with Crippen LogP contribution in [0.4, 0.5) is 13.2 Å². The number of hydrogen-bond acceptors (Lipinski definition) is 4. The van der Waals surface area contributed by atoms with Crippen molar-refractivity contribution in [1.82, 2.24) is 20.2 Å². The highest BCUT2D eigenvalue weighted by Crippen LogP contribution is 2.36. The van der Waals surface area contributed by atoms with E-state index < -0.39 is 17.8 Å². The lowest BCUT2D eigenvalue weighted by atomic mass is 9.84. The minimum atomic E-state index is -4.53. The molecule has 0 radical (unpaired) electrons. The maximum absolute atomic E-state index is 13.2. The van der Waals surface area contributed by atoms with Gasteiger partial charge in [0.1, 0.15) is 5.82 Å². The zero-order chi connectivity index (χ0) is 17.2. The molecule has 1 N–H and O–H groups in total. The highest BCUT2D eigenvalue weighted by molar-refractivity contribution is 5.79. The molecule has 1 aliphatic rings. The fourth-order valence-electron chi connectivity index (χ4n) is 2.88. The molecule has 1 aromatic rings. The molecular weight excluding hydrogens is 309 g/mol. The number of aryl methyl sites for hydroxylation is 2. The number of amides is 1. The summed E-state index contributed by atoms with van der Waals surface area (Å²) in [4.78, 5) is 21.7. The predicted molar refractivity (Wildman–Crippen MR) is 78.8 cm³/mol. The summed E-state index contributed by atoms with van der Waals surface area (Å²) in [6.45, 7) is 2.62. The molecule has 0 saturated heterocycles. The van der Waals surface area contributed by atoms with Gasteiger partial charge < -0.3 is 10.2 Å². The van der Waals surface area contributed by atoms with E-state index in [9.17, 15) is 18.0 Å². The summed E-state index contributed by atoms with van der Waals surface area (Å²) in [6, 6.07) is 0. The van der Waals surface area contributed by atoms with Gasteiger partial charge in [-0.15, -0.1) is 0 Å². The Morgan fingerprint density at radius 3 is 2.70 bits per heavy atom. The number of alkyl halides is 3. The summed E-state index contributed by atoms with van der Waals surface area (Å²) in [5.41, 5.74) is -0.392. The number of fused-ring (bicyclic) bond motifs is 1. The van der Waals surface area contributed by atoms with Crippen LogP contribution >= 0.6 is 0 Å². The maximum Gasteiger partial charge on any atom is 0.433 e. The Kier molecular flexibility index (Phi) is 5.23. The molecule has 0 saturated carbocycles. The molecule has 23 heavy (non-hydrogen) atoms. The van der Waals surface area contributed by atoms with E-state index in [0.717, 1.165) is 0 Å². The maximum atomic E-state index is 13.2. The molecule has 128 valence electrons. The van der Waals surface area contributed by atoms with Crippen molar-refractivity contribution in [3.8, 4) is 0 Å². The smallest absolute Gasteiger partial charge is 0.344 e. The number of halogens is 3. The molecule has 0 aliphatic heterocycles. The van der Waals surface area contributed by atoms with Crippen molar-refractivity contribution < 1.29 is 18.0 Å². The van der Waals surface area contributed by atoms with E-state index in [1.165, 1.54) is 6.92 Å². The molecule has 1 atom stereocenters. The number of hydrogen-bond donors (Lipinski definition) is 1. The van der Waals surface area contributed by atoms with Crippen LogP contribution in [0.1, 0.15) is 29.2 Å². The van der Waals surface area contributed by atoms with E-state index in [-0.39, 0.29) is 23.7 Å². The van der Waals surface area contributed by atoms with Crippen molar-refractivity contribution in [2.75, 3.05) is 27.2 Å². The van der Waals surface area contributed by atoms with Crippen molar-refractivity contribution in [3.63, 3.8) is 0 Å². The van der Waals surface area contributed by atoms with E-state index in [4.69, 9.17) is 0 Å². The van der Waals surface area contributed by atoms with Gasteiger partial charge in [-0.05, 0) is 33.2 Å². The van der Waals surface area contributed by atoms with Crippen LogP contribution < -0.4 is 5.32 Å². The van der Waals surface area contributed by atoms with Crippen molar-refractivity contribution in [3.05, 3.63) is 22.8 Å². The highest BCUT2D eigenvalue weighted by atomic mass is 19.4. The van der Waals surface area contributed by atoms with Gasteiger partial charge in [-0.25, -0.2) is 9.97 Å². The number of carbonyl (C=O) groups excluding carboxylic acids is 1. The Balaban J connectivity index is 2.24. The van der Waals surface area contributed by atoms with Gasteiger partial charge in [-0.1, -0.05) is 0 Å². The van der Waals surface area contributed by atoms with E-state index >= 15 is 0 Å². The SMILES string of the molecule is CNCCN(C)C(=O)[C@@H]1CCc2nc(C)nc(C(F)(F)F)c2C1. The van der Waals surface area contributed by atoms with Gasteiger partial charge in [0, 0.05) is 37.3 Å². The molecule has 1 aromatic heterocycles. The lowest BCUT2D eigenvalue weighted by molar-refractivity contribution is -0.143. The monoisotopic (exact) mass is 330 g/mol. The predicted octanol–water partition coefficient (Wildman–Crippen LogP) is 1.59. The largest absolute Gasteiger partial charge is 0.433 e. The van der Waals surface area contributed by atoms with Gasteiger partial charge >= 0.3 is 6.18 Å². The van der Waals surface area contributed by atoms with Crippen molar-refractivity contribution >= 4 is 5.91 Å². The van der Waals surface area contributed by atoms with Gasteiger partial charge in [0.25, 0.3) is 0 Å². The Morgan fingerprint density at radius 1 is 1.39 bits per heavy atom. The molecular formula is C15H21F3N4O. The third-order valence-electron chi connectivity index (χ3n) is 4.08. The number of nitrogens with one attached hydrogen (secondary N) is 1. The van der Waals surface area contributed by atoms with Crippen LogP contribution in [0.3, 0.4) is 0 Å². The fourth-order valence-corrected chi connectivity index (χ4v) is 2.88. The summed E-state index contributed by atoms with van der Waals surface area (Å²) in [5.74, 6) is -0.455. The highest BCUT2D eigenvalue weighted by Gasteiger charge is 2.40. The van der Waals surface area contributed by atoms with E-state index in [1.807, 2.05) is 0 Å². The normalized spacial score (nSPS) is 17.7. The number of aromatic nitrogens is 2. The van der Waals surface area contributed by atoms with Crippen LogP contribution in [0, 0.1) is 12.8 Å². The van der Waals surface area contributed by atoms with Gasteiger partial charge in [-0.3, -0.25) is 4.79 Å². The van der Waals surface area contributed by atoms with E-state index in [1.54, 1.807) is 19.0 Å². The van der Waals surface area contributed by atoms with Crippen LogP contribution in [0.5, 0.6) is 0 Å². The molecule has 1 amide bonds. The van der Waals surface area contributed by atoms with E-state index in [2.05, 4.69) is 15.3 Å². The number of nitrogens with zero attached hydrogens (tertiary/aromatic N) is 3. The molecule has 2 rings (SSSR count). The van der Waals surface area contributed by atoms with Crippen molar-refractivity contribution in [2.45, 2.75) is 32.4 Å². The molecule has 5 nitrogen and oxygen atoms in total. The summed E-state index contributed by atoms with van der Waals surface area (Å²) >= 11 is 0. The average molecular weight is 330 g/mol. The Morgan fingerprint density at radius 2 is 2.09 bits per heavy atom. The number of carbonyl (C=O) groups is 1. The third kappa shape index (κ3) is 3.99. The van der Waals surface area contributed by atoms with Gasteiger partial charge in [-0.2, -0.15) is 13.2 Å². The van der Waals surface area contributed by atoms with Gasteiger partial charge in [0.05, 0.1) is 0 Å². The van der Waals surface area contributed by atoms with E-state index in [0.29, 0.717) is 31.6 Å². The Labute approximate surface area is 133 Å². The lowest BCUT2D eigenvalue weighted by Crippen LogP contribution is -2.39. The quantitative estimate of drug-likeness (QED) is 0.911. The second kappa shape index (κ2) is 6.82. The zero-order valence-corrected chi connectivity index (χ0v) is 13.5. The lowest BCUT2D eigenvalue weighted by Gasteiger charge is -2.29. The first kappa shape index (κ1) is 17.7. The molecule has 0 spiro atoms. The molecule has 8 heteroatoms. The van der Waals surface area contributed by atoms with Gasteiger partial charge in [0.15, 0.2) is 5.69 Å². The minimum absolute atomic E-state index is 0.0488. The first-order valence-electron chi connectivity index (χ1n) is 7.57. The van der Waals surface area contributed by atoms with Crippen LogP contribution in [-0.4, -0.2) is 48.0 Å². The summed E-state index contributed by atoms with van der Waals surface area (Å²) < 4.78 is 39.6. The second-order valence-corrected chi connectivity index (χ2v) is 5.85. The molecule has 1 heterocycles. The van der Waals surface area contributed by atoms with Crippen LogP contribution in [0.25, 0.3) is 0 Å². The summed E-state index contributed by atoms with van der Waals surface area (Å²) in [6.07, 6.45) is -3.59. The first-order valence-corrected chi connectivity index (χ1v) is 7.57. The van der Waals surface area contributed by atoms with Crippen LogP contribution in [0.2, 0.25) is 0 Å². The summed E-state index contributed by atoms with van der Waals surface area (Å²) in [5, 5.41) is 2.94. The number of rotatable bonds is 4. The molecule has 0 bridgehead atoms. The van der Waals surface area contributed by atoms with Crippen LogP contribution in [0.15, 0.2) is 0 Å². The fraction of sp³-hybridized carbons (Fsp3) is 0.667. The van der Waals surface area contributed by atoms with Gasteiger partial charge in [0.2, 0.25) is 5.91 Å². The Bertz CT molecular complexity index is 589. The molecule has 0 aromatic carbocycles. The topological polar surface area (TPSA) is 58.1 Å². The number of likely N-dealkylation sites (N-methyl/N-ethyl adjacent to an activating group) is 2. The Hall–Kier alpha value is -1.70. The zero-order valence-electron chi connectivity index (χ0n) is 13.5. The van der Waals surface area contributed by atoms with Crippen molar-refractivity contribution in [1.29, 1.82) is 0 Å². The van der Waals surface area contributed by atoms with Crippen molar-refractivity contribution in [2.24, 2.45) is 5.92 Å². The standard InChI is InChI=1S/C15H21F3N4O/c1-9-20-12-5-4-10(14(23)22(3)7-6-19-2)8-11(12)13(21-9)15(16,17)18/h10,19H,4-8H2,1-3H3/t10-/m1/s1. The minimum Gasteiger partial charge on any atom is -0.344 e. The second-order valence-electron chi connectivity index (χ2n) is 5.85. The third-order valence-corrected chi connectivity index (χ3v) is 4.08. The average Bonchev–Trinajstić information content (AvgIpc) is 2.49. The molecule has 0 fully saturated rings. The first-order chi connectivity index (χ1) is 10.7. The molecule has 0 unspecified atom stereocenters. The van der Waals surface area contributed by atoms with Crippen LogP contribution in [-0.2, 0) is 23.8 Å². The summed E-state index contributed by atoms with van der Waals surface area (Å²) in [7, 11) is 3.45. The molecule has 1 aliphatic carbocycles.